The molecule has 78 valence electrons. The van der Waals surface area contributed by atoms with E-state index in [1.165, 1.54) is 10.3 Å². The van der Waals surface area contributed by atoms with Gasteiger partial charge in [0, 0.05) is 7.05 Å². The first-order chi connectivity index (χ1) is 7.22. The molecule has 0 saturated heterocycles. The van der Waals surface area contributed by atoms with E-state index in [0.29, 0.717) is 0 Å². The number of fused-ring (bicyclic) bond motifs is 1. The van der Waals surface area contributed by atoms with E-state index < -0.39 is 0 Å². The van der Waals surface area contributed by atoms with E-state index >= 15 is 0 Å². The van der Waals surface area contributed by atoms with Crippen molar-refractivity contribution in [3.8, 4) is 0 Å². The molecular formula is C11H13N3S. The number of amidine groups is 1. The molecule has 0 spiro atoms. The number of aromatic nitrogens is 1. The second-order valence-corrected chi connectivity index (χ2v) is 4.28. The molecule has 2 aromatic heterocycles. The van der Waals surface area contributed by atoms with Gasteiger partial charge in [0.05, 0.1) is 27.9 Å². The number of nitrogens with one attached hydrogen (secondary N) is 1. The van der Waals surface area contributed by atoms with Crippen molar-refractivity contribution in [1.29, 1.82) is 0 Å². The molecule has 0 atom stereocenters. The standard InChI is InChI=1S/C11H13N3S/c1-7-10(14-8(2)12-3)6-13-9-4-5-15-11(7)9/h4-6H,1-3H3,(H,12,14). The Morgan fingerprint density at radius 1 is 1.53 bits per heavy atom. The number of pyridine rings is 1. The summed E-state index contributed by atoms with van der Waals surface area (Å²) >= 11 is 1.72. The molecule has 2 rings (SSSR count). The summed E-state index contributed by atoms with van der Waals surface area (Å²) in [4.78, 5) is 8.46. The quantitative estimate of drug-likeness (QED) is 0.591. The molecule has 0 aliphatic rings. The maximum atomic E-state index is 4.38. The SMILES string of the molecule is CN=C(C)Nc1cnc2ccsc2c1C. The number of hydrogen-bond acceptors (Lipinski definition) is 3. The molecule has 0 amide bonds. The highest BCUT2D eigenvalue weighted by atomic mass is 32.1. The highest BCUT2D eigenvalue weighted by Gasteiger charge is 2.05. The highest BCUT2D eigenvalue weighted by molar-refractivity contribution is 7.17. The van der Waals surface area contributed by atoms with Gasteiger partial charge in [-0.05, 0) is 30.9 Å². The molecule has 0 aliphatic carbocycles. The predicted octanol–water partition coefficient (Wildman–Crippen LogP) is 3.06. The first kappa shape index (κ1) is 10.1. The van der Waals surface area contributed by atoms with Crippen LogP contribution < -0.4 is 5.32 Å². The van der Waals surface area contributed by atoms with Crippen LogP contribution in [-0.2, 0) is 0 Å². The summed E-state index contributed by atoms with van der Waals surface area (Å²) in [7, 11) is 1.77. The monoisotopic (exact) mass is 219 g/mol. The molecule has 2 aromatic rings. The van der Waals surface area contributed by atoms with E-state index in [-0.39, 0.29) is 0 Å². The van der Waals surface area contributed by atoms with Crippen LogP contribution in [0.25, 0.3) is 10.2 Å². The summed E-state index contributed by atoms with van der Waals surface area (Å²) in [5, 5.41) is 5.30. The molecule has 0 aliphatic heterocycles. The summed E-state index contributed by atoms with van der Waals surface area (Å²) in [5.41, 5.74) is 3.33. The van der Waals surface area contributed by atoms with Gasteiger partial charge in [-0.3, -0.25) is 9.98 Å². The normalized spacial score (nSPS) is 12.1. The van der Waals surface area contributed by atoms with Gasteiger partial charge in [-0.2, -0.15) is 0 Å². The van der Waals surface area contributed by atoms with Crippen LogP contribution in [0.1, 0.15) is 12.5 Å². The number of nitrogens with zero attached hydrogens (tertiary/aromatic N) is 2. The van der Waals surface area contributed by atoms with Crippen LogP contribution in [0.4, 0.5) is 5.69 Å². The lowest BCUT2D eigenvalue weighted by atomic mass is 10.2. The zero-order chi connectivity index (χ0) is 10.8. The molecule has 0 saturated carbocycles. The molecular weight excluding hydrogens is 206 g/mol. The molecule has 2 heterocycles. The van der Waals surface area contributed by atoms with Crippen LogP contribution in [0.2, 0.25) is 0 Å². The van der Waals surface area contributed by atoms with E-state index in [4.69, 9.17) is 0 Å². The Hall–Kier alpha value is -1.42. The van der Waals surface area contributed by atoms with Gasteiger partial charge in [0.2, 0.25) is 0 Å². The summed E-state index contributed by atoms with van der Waals surface area (Å²) in [6.45, 7) is 4.05. The van der Waals surface area contributed by atoms with Crippen molar-refractivity contribution in [2.45, 2.75) is 13.8 Å². The third-order valence-electron chi connectivity index (χ3n) is 2.37. The predicted molar refractivity (Wildman–Crippen MR) is 67.0 cm³/mol. The minimum Gasteiger partial charge on any atom is -0.343 e. The Kier molecular flexibility index (Phi) is 2.68. The van der Waals surface area contributed by atoms with Crippen molar-refractivity contribution in [3.05, 3.63) is 23.2 Å². The van der Waals surface area contributed by atoms with E-state index in [1.54, 1.807) is 18.4 Å². The Labute approximate surface area is 92.9 Å². The van der Waals surface area contributed by atoms with Crippen LogP contribution in [-0.4, -0.2) is 17.9 Å². The Morgan fingerprint density at radius 2 is 2.33 bits per heavy atom. The minimum absolute atomic E-state index is 0.899. The van der Waals surface area contributed by atoms with Crippen molar-refractivity contribution < 1.29 is 0 Å². The lowest BCUT2D eigenvalue weighted by molar-refractivity contribution is 1.35. The van der Waals surface area contributed by atoms with Crippen molar-refractivity contribution >= 4 is 33.1 Å². The Morgan fingerprint density at radius 3 is 3.07 bits per heavy atom. The third kappa shape index (κ3) is 1.85. The molecule has 0 radical (unpaired) electrons. The lowest BCUT2D eigenvalue weighted by Crippen LogP contribution is -2.08. The summed E-state index contributed by atoms with van der Waals surface area (Å²) in [6, 6.07) is 2.04. The molecule has 15 heavy (non-hydrogen) atoms. The number of aryl methyl sites for hydroxylation is 1. The zero-order valence-electron chi connectivity index (χ0n) is 9.03. The molecule has 0 fully saturated rings. The fraction of sp³-hybridized carbons (Fsp3) is 0.273. The second kappa shape index (κ2) is 3.98. The molecule has 1 N–H and O–H groups in total. The average Bonchev–Trinajstić information content (AvgIpc) is 2.70. The van der Waals surface area contributed by atoms with E-state index in [2.05, 4.69) is 27.6 Å². The van der Waals surface area contributed by atoms with Crippen LogP contribution in [0.3, 0.4) is 0 Å². The minimum atomic E-state index is 0.899. The smallest absolute Gasteiger partial charge is 0.0972 e. The Balaban J connectivity index is 2.48. The van der Waals surface area contributed by atoms with Crippen LogP contribution in [0.15, 0.2) is 22.6 Å². The van der Waals surface area contributed by atoms with Crippen LogP contribution in [0.5, 0.6) is 0 Å². The van der Waals surface area contributed by atoms with Crippen molar-refractivity contribution in [2.24, 2.45) is 4.99 Å². The molecule has 0 unspecified atom stereocenters. The second-order valence-electron chi connectivity index (χ2n) is 3.37. The van der Waals surface area contributed by atoms with Crippen molar-refractivity contribution in [1.82, 2.24) is 4.98 Å². The van der Waals surface area contributed by atoms with Crippen molar-refractivity contribution in [2.75, 3.05) is 12.4 Å². The van der Waals surface area contributed by atoms with Gasteiger partial charge in [0.15, 0.2) is 0 Å². The maximum absolute atomic E-state index is 4.38. The molecule has 4 heteroatoms. The van der Waals surface area contributed by atoms with Gasteiger partial charge in [-0.1, -0.05) is 0 Å². The van der Waals surface area contributed by atoms with E-state index in [9.17, 15) is 0 Å². The van der Waals surface area contributed by atoms with Gasteiger partial charge in [0.25, 0.3) is 0 Å². The largest absolute Gasteiger partial charge is 0.343 e. The van der Waals surface area contributed by atoms with Gasteiger partial charge >= 0.3 is 0 Å². The Bertz CT molecular complexity index is 514. The van der Waals surface area contributed by atoms with E-state index in [1.807, 2.05) is 19.2 Å². The molecule has 0 bridgehead atoms. The summed E-state index contributed by atoms with van der Waals surface area (Å²) in [6.07, 6.45) is 1.86. The first-order valence-corrected chi connectivity index (χ1v) is 5.63. The number of rotatable bonds is 1. The zero-order valence-corrected chi connectivity index (χ0v) is 9.85. The number of thiophene rings is 1. The summed E-state index contributed by atoms with van der Waals surface area (Å²) in [5.74, 6) is 0.899. The summed E-state index contributed by atoms with van der Waals surface area (Å²) < 4.78 is 1.24. The topological polar surface area (TPSA) is 37.3 Å². The van der Waals surface area contributed by atoms with Crippen LogP contribution in [0, 0.1) is 6.92 Å². The third-order valence-corrected chi connectivity index (χ3v) is 3.40. The molecule has 0 aromatic carbocycles. The van der Waals surface area contributed by atoms with Gasteiger partial charge in [-0.25, -0.2) is 0 Å². The van der Waals surface area contributed by atoms with Crippen LogP contribution >= 0.6 is 11.3 Å². The maximum Gasteiger partial charge on any atom is 0.0972 e. The number of anilines is 1. The fourth-order valence-corrected chi connectivity index (χ4v) is 2.28. The number of hydrogen-bond donors (Lipinski definition) is 1. The average molecular weight is 219 g/mol. The van der Waals surface area contributed by atoms with Gasteiger partial charge in [-0.15, -0.1) is 11.3 Å². The highest BCUT2D eigenvalue weighted by Crippen LogP contribution is 2.27. The lowest BCUT2D eigenvalue weighted by Gasteiger charge is -2.08. The van der Waals surface area contributed by atoms with Gasteiger partial charge in [0.1, 0.15) is 0 Å². The van der Waals surface area contributed by atoms with Crippen molar-refractivity contribution in [3.63, 3.8) is 0 Å². The number of aliphatic imine (C=N–C) groups is 1. The fourth-order valence-electron chi connectivity index (χ4n) is 1.41. The first-order valence-electron chi connectivity index (χ1n) is 4.75. The van der Waals surface area contributed by atoms with Gasteiger partial charge < -0.3 is 5.32 Å². The van der Waals surface area contributed by atoms with E-state index in [0.717, 1.165) is 17.0 Å². The molecule has 3 nitrogen and oxygen atoms in total.